The van der Waals surface area contributed by atoms with Crippen molar-refractivity contribution in [1.82, 2.24) is 10.2 Å². The molecule has 3 rings (SSSR count). The van der Waals surface area contributed by atoms with Crippen LogP contribution in [0.3, 0.4) is 0 Å². The first-order chi connectivity index (χ1) is 20.9. The van der Waals surface area contributed by atoms with Gasteiger partial charge in [-0.3, -0.25) is 13.9 Å². The van der Waals surface area contributed by atoms with Gasteiger partial charge in [0.1, 0.15) is 11.8 Å². The molecular weight excluding hydrogens is 621 g/mol. The maximum absolute atomic E-state index is 14.0. The van der Waals surface area contributed by atoms with Gasteiger partial charge in [-0.2, -0.15) is 0 Å². The van der Waals surface area contributed by atoms with Crippen LogP contribution in [0.2, 0.25) is 10.0 Å². The van der Waals surface area contributed by atoms with Crippen LogP contribution in [0.25, 0.3) is 0 Å². The van der Waals surface area contributed by atoms with Crippen LogP contribution >= 0.6 is 23.2 Å². The van der Waals surface area contributed by atoms with Gasteiger partial charge in [-0.1, -0.05) is 85.6 Å². The minimum atomic E-state index is -3.68. The Morgan fingerprint density at radius 2 is 1.61 bits per heavy atom. The molecule has 0 saturated heterocycles. The fourth-order valence-corrected chi connectivity index (χ4v) is 6.02. The molecule has 0 radical (unpaired) electrons. The molecule has 3 aromatic rings. The lowest BCUT2D eigenvalue weighted by Gasteiger charge is -2.32. The normalized spacial score (nSPS) is 12.1. The second-order valence-electron chi connectivity index (χ2n) is 11.0. The van der Waals surface area contributed by atoms with Crippen molar-refractivity contribution in [3.8, 4) is 5.75 Å². The SMILES string of the molecule is CCOc1ccccc1N(CCCC(=O)N(Cc1ccc(Cl)c(Cl)c1)[C@H](Cc1ccccc1)C(=O)NCC(C)C)S(C)(=O)=O. The van der Waals surface area contributed by atoms with Gasteiger partial charge in [0.15, 0.2) is 0 Å². The third-order valence-corrected chi connectivity index (χ3v) is 8.80. The largest absolute Gasteiger partial charge is 0.492 e. The summed E-state index contributed by atoms with van der Waals surface area (Å²) >= 11 is 12.4. The zero-order valence-corrected chi connectivity index (χ0v) is 28.0. The number of benzene rings is 3. The number of hydrogen-bond donors (Lipinski definition) is 1. The molecule has 0 aliphatic heterocycles. The lowest BCUT2D eigenvalue weighted by Crippen LogP contribution is -2.51. The first kappa shape index (κ1) is 35.2. The number of hydrogen-bond acceptors (Lipinski definition) is 5. The van der Waals surface area contributed by atoms with Crippen LogP contribution in [0.4, 0.5) is 5.69 Å². The predicted octanol–water partition coefficient (Wildman–Crippen LogP) is 6.35. The number of rotatable bonds is 16. The second-order valence-corrected chi connectivity index (χ2v) is 13.7. The van der Waals surface area contributed by atoms with E-state index in [4.69, 9.17) is 27.9 Å². The molecule has 3 aromatic carbocycles. The first-order valence-electron chi connectivity index (χ1n) is 14.6. The highest BCUT2D eigenvalue weighted by Crippen LogP contribution is 2.30. The van der Waals surface area contributed by atoms with Gasteiger partial charge in [0.25, 0.3) is 0 Å². The summed E-state index contributed by atoms with van der Waals surface area (Å²) in [5, 5.41) is 3.73. The summed E-state index contributed by atoms with van der Waals surface area (Å²) in [6, 6.07) is 20.7. The molecule has 0 aliphatic rings. The number of sulfonamides is 1. The van der Waals surface area contributed by atoms with Gasteiger partial charge in [-0.15, -0.1) is 0 Å². The van der Waals surface area contributed by atoms with Crippen LogP contribution < -0.4 is 14.4 Å². The Hall–Kier alpha value is -3.27. The van der Waals surface area contributed by atoms with Crippen molar-refractivity contribution in [2.45, 2.75) is 52.6 Å². The molecule has 11 heteroatoms. The summed E-state index contributed by atoms with van der Waals surface area (Å²) in [6.07, 6.45) is 1.65. The molecule has 0 aliphatic carbocycles. The van der Waals surface area contributed by atoms with Crippen LogP contribution in [0.1, 0.15) is 44.7 Å². The molecule has 2 amide bonds. The van der Waals surface area contributed by atoms with Crippen molar-refractivity contribution >= 4 is 50.7 Å². The third-order valence-electron chi connectivity index (χ3n) is 6.88. The van der Waals surface area contributed by atoms with E-state index < -0.39 is 16.1 Å². The molecule has 0 aromatic heterocycles. The van der Waals surface area contributed by atoms with Crippen molar-refractivity contribution < 1.29 is 22.7 Å². The molecule has 8 nitrogen and oxygen atoms in total. The minimum absolute atomic E-state index is 0.00684. The first-order valence-corrected chi connectivity index (χ1v) is 17.3. The Morgan fingerprint density at radius 1 is 0.932 bits per heavy atom. The summed E-state index contributed by atoms with van der Waals surface area (Å²) in [4.78, 5) is 29.2. The van der Waals surface area contributed by atoms with Crippen LogP contribution in [0.15, 0.2) is 72.8 Å². The van der Waals surface area contributed by atoms with Crippen LogP contribution in [-0.4, -0.2) is 57.1 Å². The van der Waals surface area contributed by atoms with Gasteiger partial charge >= 0.3 is 0 Å². The number of halogens is 2. The molecular formula is C33H41Cl2N3O5S. The number of carbonyl (C=O) groups is 2. The summed E-state index contributed by atoms with van der Waals surface area (Å²) in [5.41, 5.74) is 2.03. The van der Waals surface area contributed by atoms with E-state index in [1.54, 1.807) is 47.4 Å². The molecule has 0 spiro atoms. The molecule has 0 saturated carbocycles. The Morgan fingerprint density at radius 3 is 2.25 bits per heavy atom. The zero-order chi connectivity index (χ0) is 32.3. The van der Waals surface area contributed by atoms with E-state index in [9.17, 15) is 18.0 Å². The van der Waals surface area contributed by atoms with Crippen LogP contribution in [0.5, 0.6) is 5.75 Å². The molecule has 0 fully saturated rings. The van der Waals surface area contributed by atoms with E-state index in [2.05, 4.69) is 5.32 Å². The van der Waals surface area contributed by atoms with Crippen molar-refractivity contribution in [1.29, 1.82) is 0 Å². The average molecular weight is 663 g/mol. The highest BCUT2D eigenvalue weighted by atomic mass is 35.5. The number of nitrogens with zero attached hydrogens (tertiary/aromatic N) is 2. The van der Waals surface area contributed by atoms with Crippen molar-refractivity contribution in [2.24, 2.45) is 5.92 Å². The molecule has 238 valence electrons. The van der Waals surface area contributed by atoms with E-state index in [1.165, 1.54) is 4.31 Å². The topological polar surface area (TPSA) is 96.0 Å². The van der Waals surface area contributed by atoms with Gasteiger partial charge in [-0.25, -0.2) is 8.42 Å². The molecule has 0 heterocycles. The highest BCUT2D eigenvalue weighted by Gasteiger charge is 2.31. The van der Waals surface area contributed by atoms with Crippen molar-refractivity contribution in [2.75, 3.05) is 30.3 Å². The number of anilines is 1. The second kappa shape index (κ2) is 16.7. The van der Waals surface area contributed by atoms with Gasteiger partial charge in [0.05, 0.1) is 28.6 Å². The van der Waals surface area contributed by atoms with E-state index in [-0.39, 0.29) is 43.7 Å². The van der Waals surface area contributed by atoms with E-state index >= 15 is 0 Å². The number of nitrogens with one attached hydrogen (secondary N) is 1. The van der Waals surface area contributed by atoms with E-state index in [1.807, 2.05) is 51.1 Å². The lowest BCUT2D eigenvalue weighted by molar-refractivity contribution is -0.141. The Labute approximate surface area is 271 Å². The maximum atomic E-state index is 14.0. The number of carbonyl (C=O) groups excluding carboxylic acids is 2. The highest BCUT2D eigenvalue weighted by molar-refractivity contribution is 7.92. The Bertz CT molecular complexity index is 1500. The Kier molecular flexibility index (Phi) is 13.4. The summed E-state index contributed by atoms with van der Waals surface area (Å²) in [6.45, 7) is 6.83. The predicted molar refractivity (Wildman–Crippen MR) is 178 cm³/mol. The summed E-state index contributed by atoms with van der Waals surface area (Å²) in [5.74, 6) is 0.109. The van der Waals surface area contributed by atoms with Gasteiger partial charge in [0.2, 0.25) is 21.8 Å². The fourth-order valence-electron chi connectivity index (χ4n) is 4.73. The minimum Gasteiger partial charge on any atom is -0.492 e. The van der Waals surface area contributed by atoms with Crippen molar-refractivity contribution in [3.63, 3.8) is 0 Å². The quantitative estimate of drug-likeness (QED) is 0.193. The Balaban J connectivity index is 1.92. The molecule has 44 heavy (non-hydrogen) atoms. The molecule has 1 N–H and O–H groups in total. The number of ether oxygens (including phenoxy) is 1. The van der Waals surface area contributed by atoms with Gasteiger partial charge < -0.3 is 15.0 Å². The smallest absolute Gasteiger partial charge is 0.243 e. The van der Waals surface area contributed by atoms with Crippen molar-refractivity contribution in [3.05, 3.63) is 94.0 Å². The molecule has 0 unspecified atom stereocenters. The lowest BCUT2D eigenvalue weighted by atomic mass is 10.0. The average Bonchev–Trinajstić information content (AvgIpc) is 2.98. The monoisotopic (exact) mass is 661 g/mol. The fraction of sp³-hybridized carbons (Fsp3) is 0.394. The van der Waals surface area contributed by atoms with Gasteiger partial charge in [-0.05, 0) is 54.7 Å². The standard InChI is InChI=1S/C33H41Cl2N3O5S/c1-5-43-31-15-10-9-14-29(31)38(44(4,41)42)19-11-16-32(39)37(23-26-17-18-27(34)28(35)20-26)30(33(40)36-22-24(2)3)21-25-12-7-6-8-13-25/h6-10,12-15,17-18,20,24,30H,5,11,16,19,21-23H2,1-4H3,(H,36,40)/t30-/m1/s1. The van der Waals surface area contributed by atoms with E-state index in [0.29, 0.717) is 46.6 Å². The van der Waals surface area contributed by atoms with E-state index in [0.717, 1.165) is 11.8 Å². The van der Waals surface area contributed by atoms with Crippen LogP contribution in [-0.2, 0) is 32.6 Å². The zero-order valence-electron chi connectivity index (χ0n) is 25.6. The van der Waals surface area contributed by atoms with Gasteiger partial charge in [0, 0.05) is 32.5 Å². The summed E-state index contributed by atoms with van der Waals surface area (Å²) in [7, 11) is -3.68. The van der Waals surface area contributed by atoms with Crippen LogP contribution in [0, 0.1) is 5.92 Å². The third kappa shape index (κ3) is 10.4. The number of para-hydroxylation sites is 2. The molecule has 0 bridgehead atoms. The summed E-state index contributed by atoms with van der Waals surface area (Å²) < 4.78 is 32.6. The number of amides is 2. The maximum Gasteiger partial charge on any atom is 0.243 e. The molecule has 1 atom stereocenters.